The van der Waals surface area contributed by atoms with Crippen LogP contribution < -0.4 is 4.90 Å². The van der Waals surface area contributed by atoms with Gasteiger partial charge in [0, 0.05) is 11.4 Å². The van der Waals surface area contributed by atoms with Gasteiger partial charge in [0.1, 0.15) is 12.6 Å². The molecule has 23 heavy (non-hydrogen) atoms. The molecule has 0 bridgehead atoms. The summed E-state index contributed by atoms with van der Waals surface area (Å²) in [6.45, 7) is 5.70. The van der Waals surface area contributed by atoms with Gasteiger partial charge < -0.3 is 14.5 Å². The molecule has 2 aromatic rings. The lowest BCUT2D eigenvalue weighted by atomic mass is 10.1. The largest absolute Gasteiger partial charge is 0.385 e. The number of quaternary nitrogens is 1. The maximum atomic E-state index is 10.7. The van der Waals surface area contributed by atoms with Crippen LogP contribution in [-0.4, -0.2) is 48.9 Å². The highest BCUT2D eigenvalue weighted by Crippen LogP contribution is 2.25. The van der Waals surface area contributed by atoms with E-state index in [1.165, 1.54) is 0 Å². The van der Waals surface area contributed by atoms with Crippen molar-refractivity contribution >= 4 is 11.4 Å². The number of aliphatic hydroxyl groups is 1. The Kier molecular flexibility index (Phi) is 5.80. The van der Waals surface area contributed by atoms with Crippen molar-refractivity contribution < 1.29 is 9.59 Å². The van der Waals surface area contributed by atoms with Gasteiger partial charge in [-0.25, -0.2) is 0 Å². The molecule has 0 unspecified atom stereocenters. The minimum Gasteiger partial charge on any atom is -0.385 e. The fraction of sp³-hybridized carbons (Fsp3) is 0.400. The van der Waals surface area contributed by atoms with Crippen molar-refractivity contribution in [1.29, 1.82) is 0 Å². The summed E-state index contributed by atoms with van der Waals surface area (Å²) in [7, 11) is 4.34. The molecular weight excluding hydrogens is 284 g/mol. The molecule has 0 saturated carbocycles. The molecule has 0 saturated heterocycles. The molecule has 3 nitrogen and oxygen atoms in total. The zero-order valence-corrected chi connectivity index (χ0v) is 14.7. The van der Waals surface area contributed by atoms with E-state index >= 15 is 0 Å². The molecule has 0 aliphatic heterocycles. The van der Waals surface area contributed by atoms with Crippen LogP contribution in [0.4, 0.5) is 11.4 Å². The summed E-state index contributed by atoms with van der Waals surface area (Å²) in [6, 6.07) is 21.0. The molecule has 2 aromatic carbocycles. The smallest absolute Gasteiger partial charge is 0.121 e. The number of para-hydroxylation sites is 2. The Labute approximate surface area is 140 Å². The monoisotopic (exact) mass is 313 g/mol. The normalized spacial score (nSPS) is 13.1. The Balaban J connectivity index is 2.19. The van der Waals surface area contributed by atoms with E-state index < -0.39 is 6.10 Å². The lowest BCUT2D eigenvalue weighted by Crippen LogP contribution is -2.52. The average molecular weight is 313 g/mol. The van der Waals surface area contributed by atoms with E-state index in [2.05, 4.69) is 57.1 Å². The summed E-state index contributed by atoms with van der Waals surface area (Å²) in [5.41, 5.74) is 2.21. The van der Waals surface area contributed by atoms with Crippen LogP contribution in [-0.2, 0) is 0 Å². The van der Waals surface area contributed by atoms with Gasteiger partial charge in [0.2, 0.25) is 0 Å². The van der Waals surface area contributed by atoms with E-state index in [4.69, 9.17) is 0 Å². The zero-order valence-electron chi connectivity index (χ0n) is 14.7. The van der Waals surface area contributed by atoms with Crippen LogP contribution >= 0.6 is 0 Å². The van der Waals surface area contributed by atoms with E-state index in [0.717, 1.165) is 22.4 Å². The van der Waals surface area contributed by atoms with Crippen LogP contribution in [0.5, 0.6) is 0 Å². The minimum absolute atomic E-state index is 0.396. The molecule has 0 aliphatic rings. The van der Waals surface area contributed by atoms with Crippen molar-refractivity contribution in [2.45, 2.75) is 26.0 Å². The van der Waals surface area contributed by atoms with E-state index in [9.17, 15) is 5.11 Å². The van der Waals surface area contributed by atoms with E-state index in [0.29, 0.717) is 12.6 Å². The Morgan fingerprint density at radius 1 is 0.870 bits per heavy atom. The standard InChI is InChI=1S/C20H29N2O/c1-17(2)22(3,4)16-20(23)15-21(18-11-7-5-8-12-18)19-13-9-6-10-14-19/h5-14,17,20,23H,15-16H2,1-4H3/q+1/t20-/m1/s1. The molecule has 124 valence electrons. The third-order valence-corrected chi connectivity index (χ3v) is 4.61. The maximum absolute atomic E-state index is 10.7. The van der Waals surface area contributed by atoms with Crippen molar-refractivity contribution in [3.05, 3.63) is 60.7 Å². The highest BCUT2D eigenvalue weighted by atomic mass is 16.3. The summed E-state index contributed by atoms with van der Waals surface area (Å²) in [5.74, 6) is 0. The molecule has 0 aromatic heterocycles. The van der Waals surface area contributed by atoms with Gasteiger partial charge in [-0.1, -0.05) is 36.4 Å². The molecule has 0 aliphatic carbocycles. The predicted octanol–water partition coefficient (Wildman–Crippen LogP) is 3.67. The average Bonchev–Trinajstić information content (AvgIpc) is 2.53. The van der Waals surface area contributed by atoms with Gasteiger partial charge in [-0.3, -0.25) is 0 Å². The SMILES string of the molecule is CC(C)[N+](C)(C)C[C@H](O)CN(c1ccccc1)c1ccccc1. The first kappa shape index (κ1) is 17.5. The first-order chi connectivity index (χ1) is 10.9. The maximum Gasteiger partial charge on any atom is 0.121 e. The second kappa shape index (κ2) is 7.62. The zero-order chi connectivity index (χ0) is 16.9. The molecular formula is C20H29N2O+. The van der Waals surface area contributed by atoms with Crippen LogP contribution in [0.1, 0.15) is 13.8 Å². The molecule has 0 fully saturated rings. The number of benzene rings is 2. The van der Waals surface area contributed by atoms with Crippen molar-refractivity contribution in [3.8, 4) is 0 Å². The van der Waals surface area contributed by atoms with Crippen molar-refractivity contribution in [2.24, 2.45) is 0 Å². The Morgan fingerprint density at radius 3 is 1.70 bits per heavy atom. The lowest BCUT2D eigenvalue weighted by Gasteiger charge is -2.37. The topological polar surface area (TPSA) is 23.5 Å². The fourth-order valence-electron chi connectivity index (χ4n) is 2.60. The van der Waals surface area contributed by atoms with Crippen LogP contribution in [0.15, 0.2) is 60.7 Å². The van der Waals surface area contributed by atoms with Crippen LogP contribution in [0, 0.1) is 0 Å². The molecule has 2 rings (SSSR count). The quantitative estimate of drug-likeness (QED) is 0.788. The number of hydrogen-bond acceptors (Lipinski definition) is 2. The second-order valence-electron chi connectivity index (χ2n) is 6.99. The predicted molar refractivity (Wildman–Crippen MR) is 98.0 cm³/mol. The number of hydrogen-bond donors (Lipinski definition) is 1. The van der Waals surface area contributed by atoms with Gasteiger partial charge in [-0.05, 0) is 38.1 Å². The summed E-state index contributed by atoms with van der Waals surface area (Å²) < 4.78 is 0.804. The molecule has 0 radical (unpaired) electrons. The molecule has 1 atom stereocenters. The Bertz CT molecular complexity index is 542. The molecule has 0 heterocycles. The molecule has 3 heteroatoms. The number of likely N-dealkylation sites (N-methyl/N-ethyl adjacent to an activating group) is 1. The second-order valence-corrected chi connectivity index (χ2v) is 6.99. The van der Waals surface area contributed by atoms with E-state index in [1.807, 2.05) is 36.4 Å². The molecule has 0 spiro atoms. The highest BCUT2D eigenvalue weighted by molar-refractivity contribution is 5.63. The lowest BCUT2D eigenvalue weighted by molar-refractivity contribution is -0.913. The van der Waals surface area contributed by atoms with Crippen molar-refractivity contribution in [2.75, 3.05) is 32.1 Å². The van der Waals surface area contributed by atoms with Crippen molar-refractivity contribution in [1.82, 2.24) is 0 Å². The highest BCUT2D eigenvalue weighted by Gasteiger charge is 2.25. The third-order valence-electron chi connectivity index (χ3n) is 4.61. The summed E-state index contributed by atoms with van der Waals surface area (Å²) in [5, 5.41) is 10.7. The van der Waals surface area contributed by atoms with E-state index in [1.54, 1.807) is 0 Å². The number of aliphatic hydroxyl groups excluding tert-OH is 1. The first-order valence-corrected chi connectivity index (χ1v) is 8.28. The number of nitrogens with zero attached hydrogens (tertiary/aromatic N) is 2. The van der Waals surface area contributed by atoms with E-state index in [-0.39, 0.29) is 0 Å². The molecule has 1 N–H and O–H groups in total. The van der Waals surface area contributed by atoms with Gasteiger partial charge in [0.15, 0.2) is 0 Å². The summed E-state index contributed by atoms with van der Waals surface area (Å²) >= 11 is 0. The summed E-state index contributed by atoms with van der Waals surface area (Å²) in [6.07, 6.45) is -0.396. The van der Waals surface area contributed by atoms with Gasteiger partial charge >= 0.3 is 0 Å². The van der Waals surface area contributed by atoms with Crippen LogP contribution in [0.25, 0.3) is 0 Å². The number of rotatable bonds is 7. The van der Waals surface area contributed by atoms with Gasteiger partial charge in [-0.2, -0.15) is 0 Å². The van der Waals surface area contributed by atoms with Gasteiger partial charge in [0.05, 0.1) is 26.7 Å². The third kappa shape index (κ3) is 4.81. The minimum atomic E-state index is -0.396. The Morgan fingerprint density at radius 2 is 1.30 bits per heavy atom. The number of anilines is 2. The first-order valence-electron chi connectivity index (χ1n) is 8.28. The Hall–Kier alpha value is -1.84. The molecule has 0 amide bonds. The van der Waals surface area contributed by atoms with Crippen LogP contribution in [0.2, 0.25) is 0 Å². The van der Waals surface area contributed by atoms with Gasteiger partial charge in [0.25, 0.3) is 0 Å². The fourth-order valence-corrected chi connectivity index (χ4v) is 2.60. The summed E-state index contributed by atoms with van der Waals surface area (Å²) in [4.78, 5) is 2.19. The van der Waals surface area contributed by atoms with Crippen LogP contribution in [0.3, 0.4) is 0 Å². The van der Waals surface area contributed by atoms with Crippen molar-refractivity contribution in [3.63, 3.8) is 0 Å². The van der Waals surface area contributed by atoms with Gasteiger partial charge in [-0.15, -0.1) is 0 Å².